The maximum atomic E-state index is 15.0. The average Bonchev–Trinajstić information content (AvgIpc) is 2.89. The van der Waals surface area contributed by atoms with Gasteiger partial charge in [-0.2, -0.15) is 0 Å². The van der Waals surface area contributed by atoms with Gasteiger partial charge in [-0.15, -0.1) is 0 Å². The van der Waals surface area contributed by atoms with Crippen molar-refractivity contribution in [3.05, 3.63) is 6.07 Å². The van der Waals surface area contributed by atoms with Crippen LogP contribution in [0.25, 0.3) is 0 Å². The van der Waals surface area contributed by atoms with Crippen LogP contribution in [0.5, 0.6) is 23.0 Å². The van der Waals surface area contributed by atoms with Crippen LogP contribution in [-0.4, -0.2) is 53.1 Å². The van der Waals surface area contributed by atoms with Crippen LogP contribution in [0.4, 0.5) is 0 Å². The van der Waals surface area contributed by atoms with Crippen molar-refractivity contribution in [2.75, 3.05) is 53.1 Å². The number of hydrogen-bond donors (Lipinski definition) is 0. The summed E-state index contributed by atoms with van der Waals surface area (Å²) in [6.45, 7) is 8.69. The Kier molecular flexibility index (Phi) is 17.7. The normalized spacial score (nSPS) is 11.8. The van der Waals surface area contributed by atoms with Crippen molar-refractivity contribution in [2.24, 2.45) is 0 Å². The molecule has 0 N–H and O–H groups in total. The number of hydrogen-bond acceptors (Lipinski definition) is 7. The summed E-state index contributed by atoms with van der Waals surface area (Å²) >= 11 is -4.86. The minimum atomic E-state index is -4.86. The van der Waals surface area contributed by atoms with Gasteiger partial charge in [0.05, 0.1) is 0 Å². The van der Waals surface area contributed by atoms with E-state index < -0.39 is 33.6 Å². The van der Waals surface area contributed by atoms with Crippen molar-refractivity contribution < 1.29 is 45.8 Å². The van der Waals surface area contributed by atoms with Gasteiger partial charge in [0.15, 0.2) is 0 Å². The van der Waals surface area contributed by atoms with Crippen molar-refractivity contribution in [2.45, 2.75) is 79.1 Å². The second kappa shape index (κ2) is 18.9. The molecule has 0 saturated heterocycles. The first-order chi connectivity index (χ1) is 17.4. The van der Waals surface area contributed by atoms with Crippen LogP contribution >= 0.6 is 16.3 Å². The Hall–Kier alpha value is -0.286. The standard InChI is InChI=1S/C10H13O4.2C8H18OP.O.Ti/c1-11-7-5-6-8(12-2)10(14-4)9(7)13-3;2*1-3-5-7-10(9)8-6-4-2;;/h5H,1-4H3;2*3-8H2,1-2H3;;/q;2*-1;;+2. The van der Waals surface area contributed by atoms with Gasteiger partial charge in [-0.1, -0.05) is 0 Å². The fourth-order valence-corrected chi connectivity index (χ4v) is 15.8. The zero-order valence-electron chi connectivity index (χ0n) is 23.8. The quantitative estimate of drug-likeness (QED) is 0.108. The predicted molar refractivity (Wildman–Crippen MR) is 148 cm³/mol. The zero-order chi connectivity index (χ0) is 27.0. The molecule has 0 radical (unpaired) electrons. The van der Waals surface area contributed by atoms with E-state index in [4.69, 9.17) is 25.2 Å². The van der Waals surface area contributed by atoms with Crippen LogP contribution in [0.1, 0.15) is 79.1 Å². The molecule has 1 rings (SSSR count). The average molecular weight is 583 g/mol. The molecule has 0 unspecified atom stereocenters. The number of unbranched alkanes of at least 4 members (excludes halogenated alkanes) is 4. The van der Waals surface area contributed by atoms with E-state index in [9.17, 15) is 0 Å². The molecule has 0 aliphatic rings. The van der Waals surface area contributed by atoms with Gasteiger partial charge in [0.1, 0.15) is 0 Å². The third kappa shape index (κ3) is 10.1. The summed E-state index contributed by atoms with van der Waals surface area (Å²) in [7, 11) is 4.36. The Bertz CT molecular complexity index is 752. The fraction of sp³-hybridized carbons (Fsp3) is 0.769. The van der Waals surface area contributed by atoms with Crippen LogP contribution in [0.2, 0.25) is 0 Å². The second-order valence-electron chi connectivity index (χ2n) is 8.74. The summed E-state index contributed by atoms with van der Waals surface area (Å²) in [6, 6.07) is 1.72. The Labute approximate surface area is 226 Å². The summed E-state index contributed by atoms with van der Waals surface area (Å²) in [6.07, 6.45) is 12.1. The Balaban J connectivity index is 3.70. The van der Waals surface area contributed by atoms with Gasteiger partial charge in [-0.3, -0.25) is 0 Å². The Morgan fingerprint density at radius 2 is 1.00 bits per heavy atom. The summed E-state index contributed by atoms with van der Waals surface area (Å²) in [5.74, 6) is 1.49. The molecule has 36 heavy (non-hydrogen) atoms. The van der Waals surface area contributed by atoms with Gasteiger partial charge >= 0.3 is 227 Å². The molecule has 1 aromatic carbocycles. The molecular formula is C26H49O7P2Ti. The first kappa shape index (κ1) is 33.7. The van der Waals surface area contributed by atoms with E-state index in [0.717, 1.165) is 76.0 Å². The molecule has 1 aromatic rings. The fourth-order valence-electron chi connectivity index (χ4n) is 3.76. The summed E-state index contributed by atoms with van der Waals surface area (Å²) < 4.78 is 51.5. The Morgan fingerprint density at radius 1 is 0.611 bits per heavy atom. The molecule has 0 amide bonds. The van der Waals surface area contributed by atoms with Crippen molar-refractivity contribution in [3.63, 3.8) is 0 Å². The number of methoxy groups -OCH3 is 4. The molecule has 0 heterocycles. The molecule has 0 atom stereocenters. The van der Waals surface area contributed by atoms with Gasteiger partial charge in [-0.25, -0.2) is 0 Å². The second-order valence-corrected chi connectivity index (χ2v) is 17.1. The third-order valence-electron chi connectivity index (χ3n) is 5.86. The third-order valence-corrected chi connectivity index (χ3v) is 16.4. The first-order valence-corrected chi connectivity index (χ1v) is 19.3. The van der Waals surface area contributed by atoms with Gasteiger partial charge in [0.2, 0.25) is 0 Å². The molecular weight excluding hydrogens is 534 g/mol. The van der Waals surface area contributed by atoms with Gasteiger partial charge < -0.3 is 0 Å². The molecule has 0 aliphatic carbocycles. The van der Waals surface area contributed by atoms with Gasteiger partial charge in [0, 0.05) is 0 Å². The maximum absolute atomic E-state index is 15.0. The number of rotatable bonds is 21. The van der Waals surface area contributed by atoms with E-state index in [1.54, 1.807) is 27.4 Å². The van der Waals surface area contributed by atoms with Gasteiger partial charge in [-0.05, 0) is 0 Å². The molecule has 7 nitrogen and oxygen atoms in total. The van der Waals surface area contributed by atoms with Crippen molar-refractivity contribution >= 4 is 20.2 Å². The molecule has 0 fully saturated rings. The monoisotopic (exact) mass is 583 g/mol. The van der Waals surface area contributed by atoms with E-state index in [2.05, 4.69) is 27.7 Å². The summed E-state index contributed by atoms with van der Waals surface area (Å²) in [4.78, 5) is 0. The van der Waals surface area contributed by atoms with Gasteiger partial charge in [0.25, 0.3) is 0 Å². The first-order valence-electron chi connectivity index (χ1n) is 13.3. The number of ether oxygens (including phenoxy) is 4. The molecule has 209 valence electrons. The topological polar surface area (TPSA) is 72.5 Å². The molecule has 0 spiro atoms. The van der Waals surface area contributed by atoms with Crippen LogP contribution in [0.3, 0.4) is 0 Å². The molecule has 10 heteroatoms. The van der Waals surface area contributed by atoms with Crippen molar-refractivity contribution in [3.8, 4) is 23.0 Å². The zero-order valence-corrected chi connectivity index (χ0v) is 27.2. The molecule has 0 aromatic heterocycles. The van der Waals surface area contributed by atoms with Crippen molar-refractivity contribution in [1.29, 1.82) is 0 Å². The van der Waals surface area contributed by atoms with Crippen LogP contribution < -0.4 is 22.8 Å². The van der Waals surface area contributed by atoms with Crippen molar-refractivity contribution in [1.82, 2.24) is 0 Å². The number of benzene rings is 1. The molecule has 0 aliphatic heterocycles. The minimum absolute atomic E-state index is 0.338. The van der Waals surface area contributed by atoms with E-state index in [1.807, 2.05) is 0 Å². The van der Waals surface area contributed by atoms with Crippen LogP contribution in [0.15, 0.2) is 6.07 Å². The Morgan fingerprint density at radius 3 is 1.31 bits per heavy atom. The van der Waals surface area contributed by atoms with Crippen LogP contribution in [0, 0.1) is 0 Å². The van der Waals surface area contributed by atoms with E-state index in [0.29, 0.717) is 26.9 Å². The summed E-state index contributed by atoms with van der Waals surface area (Å²) in [5, 5.41) is 0. The summed E-state index contributed by atoms with van der Waals surface area (Å²) in [5.41, 5.74) is 0. The predicted octanol–water partition coefficient (Wildman–Crippen LogP) is 7.70. The molecule has 0 bridgehead atoms. The van der Waals surface area contributed by atoms with E-state index in [-0.39, 0.29) is 0 Å². The molecule has 0 saturated carbocycles. The SMILES string of the molecule is CCCCP(CCCC)[O][Ti](=[O])([O]P(CCCC)CCCC)[c]1cc(OC)c(OC)c(OC)c1OC. The van der Waals surface area contributed by atoms with E-state index in [1.165, 1.54) is 7.11 Å². The van der Waals surface area contributed by atoms with Crippen LogP contribution in [-0.2, 0) is 26.9 Å². The van der Waals surface area contributed by atoms with E-state index >= 15 is 3.32 Å².